The van der Waals surface area contributed by atoms with Gasteiger partial charge in [-0.05, 0) is 5.56 Å². The molecule has 2 rings (SSSR count). The topological polar surface area (TPSA) is 55.5 Å². The van der Waals surface area contributed by atoms with Crippen LogP contribution in [-0.4, -0.2) is 28.3 Å². The number of thioether (sulfide) groups is 1. The molecule has 1 atom stereocenters. The van der Waals surface area contributed by atoms with Gasteiger partial charge in [0.15, 0.2) is 0 Å². The highest BCUT2D eigenvalue weighted by Crippen LogP contribution is 2.19. The minimum absolute atomic E-state index is 0.232. The van der Waals surface area contributed by atoms with E-state index < -0.39 is 6.04 Å². The van der Waals surface area contributed by atoms with Crippen LogP contribution in [0.15, 0.2) is 35.3 Å². The minimum atomic E-state index is -0.671. The standard InChI is InChI=1S/C11H12N2O2S/c14-13(15)10(11-12-6-7-16-11)8-9-4-2-1-3-5-9/h1-5,10H,6-8H2. The summed E-state index contributed by atoms with van der Waals surface area (Å²) >= 11 is 1.51. The van der Waals surface area contributed by atoms with Crippen LogP contribution in [0.4, 0.5) is 0 Å². The Morgan fingerprint density at radius 3 is 2.75 bits per heavy atom. The molecule has 1 aromatic carbocycles. The van der Waals surface area contributed by atoms with Crippen molar-refractivity contribution in [3.63, 3.8) is 0 Å². The SMILES string of the molecule is O=[N+]([O-])C(Cc1ccccc1)C1=NCCS1. The van der Waals surface area contributed by atoms with Crippen molar-refractivity contribution in [1.82, 2.24) is 0 Å². The average molecular weight is 236 g/mol. The molecular formula is C11H12N2O2S. The molecule has 0 saturated heterocycles. The van der Waals surface area contributed by atoms with Crippen molar-refractivity contribution < 1.29 is 4.92 Å². The van der Waals surface area contributed by atoms with E-state index in [9.17, 15) is 10.1 Å². The van der Waals surface area contributed by atoms with Gasteiger partial charge < -0.3 is 0 Å². The second-order valence-electron chi connectivity index (χ2n) is 3.56. The normalized spacial score (nSPS) is 16.9. The molecule has 0 N–H and O–H groups in total. The first-order chi connectivity index (χ1) is 7.77. The van der Waals surface area contributed by atoms with Crippen molar-refractivity contribution in [1.29, 1.82) is 0 Å². The lowest BCUT2D eigenvalue weighted by Gasteiger charge is -2.08. The van der Waals surface area contributed by atoms with Crippen LogP contribution in [0.3, 0.4) is 0 Å². The third kappa shape index (κ3) is 2.61. The number of hydrogen-bond donors (Lipinski definition) is 0. The highest BCUT2D eigenvalue weighted by molar-refractivity contribution is 8.14. The molecule has 84 valence electrons. The molecule has 0 fully saturated rings. The molecule has 16 heavy (non-hydrogen) atoms. The molecule has 0 radical (unpaired) electrons. The van der Waals surface area contributed by atoms with Crippen molar-refractivity contribution in [3.8, 4) is 0 Å². The first kappa shape index (κ1) is 11.1. The molecule has 4 nitrogen and oxygen atoms in total. The summed E-state index contributed by atoms with van der Waals surface area (Å²) in [6.45, 7) is 0.707. The Kier molecular flexibility index (Phi) is 3.56. The van der Waals surface area contributed by atoms with Crippen LogP contribution in [0, 0.1) is 10.1 Å². The van der Waals surface area contributed by atoms with Crippen LogP contribution in [0.2, 0.25) is 0 Å². The maximum absolute atomic E-state index is 11.0. The van der Waals surface area contributed by atoms with E-state index in [1.165, 1.54) is 11.8 Å². The molecule has 1 aliphatic rings. The van der Waals surface area contributed by atoms with Gasteiger partial charge in [0.1, 0.15) is 5.04 Å². The fraction of sp³-hybridized carbons (Fsp3) is 0.364. The van der Waals surface area contributed by atoms with E-state index in [4.69, 9.17) is 0 Å². The van der Waals surface area contributed by atoms with Crippen LogP contribution in [0.25, 0.3) is 0 Å². The molecule has 1 aliphatic heterocycles. The molecular weight excluding hydrogens is 224 g/mol. The van der Waals surface area contributed by atoms with Crippen molar-refractivity contribution in [2.45, 2.75) is 12.5 Å². The lowest BCUT2D eigenvalue weighted by atomic mass is 10.1. The molecule has 1 aromatic rings. The second kappa shape index (κ2) is 5.12. The summed E-state index contributed by atoms with van der Waals surface area (Å²) in [5.41, 5.74) is 0.986. The smallest absolute Gasteiger partial charge is 0.264 e. The first-order valence-electron chi connectivity index (χ1n) is 5.12. The molecule has 0 saturated carbocycles. The predicted molar refractivity (Wildman–Crippen MR) is 65.7 cm³/mol. The Hall–Kier alpha value is -1.36. The summed E-state index contributed by atoms with van der Waals surface area (Å²) < 4.78 is 0. The van der Waals surface area contributed by atoms with Crippen LogP contribution >= 0.6 is 11.8 Å². The zero-order valence-corrected chi connectivity index (χ0v) is 9.52. The van der Waals surface area contributed by atoms with Gasteiger partial charge in [0.25, 0.3) is 6.04 Å². The van der Waals surface area contributed by atoms with E-state index in [1.54, 1.807) is 0 Å². The van der Waals surface area contributed by atoms with E-state index in [0.29, 0.717) is 18.0 Å². The second-order valence-corrected chi connectivity index (χ2v) is 4.67. The van der Waals surface area contributed by atoms with Gasteiger partial charge in [-0.2, -0.15) is 0 Å². The van der Waals surface area contributed by atoms with Gasteiger partial charge in [0.05, 0.1) is 0 Å². The lowest BCUT2D eigenvalue weighted by Crippen LogP contribution is -2.29. The van der Waals surface area contributed by atoms with Crippen LogP contribution < -0.4 is 0 Å². The summed E-state index contributed by atoms with van der Waals surface area (Å²) in [5, 5.41) is 11.7. The Morgan fingerprint density at radius 1 is 1.44 bits per heavy atom. The van der Waals surface area contributed by atoms with Gasteiger partial charge in [0, 0.05) is 23.6 Å². The summed E-state index contributed by atoms with van der Waals surface area (Å²) in [5.74, 6) is 0.870. The van der Waals surface area contributed by atoms with Crippen molar-refractivity contribution in [2.24, 2.45) is 4.99 Å². The molecule has 1 heterocycles. The molecule has 5 heteroatoms. The summed E-state index contributed by atoms with van der Waals surface area (Å²) in [7, 11) is 0. The van der Waals surface area contributed by atoms with Gasteiger partial charge in [-0.1, -0.05) is 30.3 Å². The summed E-state index contributed by atoms with van der Waals surface area (Å²) in [4.78, 5) is 15.0. The van der Waals surface area contributed by atoms with E-state index in [1.807, 2.05) is 30.3 Å². The van der Waals surface area contributed by atoms with Crippen molar-refractivity contribution >= 4 is 16.8 Å². The lowest BCUT2D eigenvalue weighted by molar-refractivity contribution is -0.501. The minimum Gasteiger partial charge on any atom is -0.275 e. The Labute approximate surface area is 97.9 Å². The first-order valence-corrected chi connectivity index (χ1v) is 6.10. The molecule has 0 aliphatic carbocycles. The molecule has 0 aromatic heterocycles. The maximum atomic E-state index is 11.0. The van der Waals surface area contributed by atoms with E-state index in [0.717, 1.165) is 11.3 Å². The van der Waals surface area contributed by atoms with E-state index in [2.05, 4.69) is 4.99 Å². The fourth-order valence-corrected chi connectivity index (χ4v) is 2.58. The fourth-order valence-electron chi connectivity index (χ4n) is 1.64. The highest BCUT2D eigenvalue weighted by atomic mass is 32.2. The number of hydrogen-bond acceptors (Lipinski definition) is 4. The number of nitrogens with zero attached hydrogens (tertiary/aromatic N) is 2. The monoisotopic (exact) mass is 236 g/mol. The van der Waals surface area contributed by atoms with Crippen LogP contribution in [0.1, 0.15) is 5.56 Å². The van der Waals surface area contributed by atoms with Crippen LogP contribution in [-0.2, 0) is 6.42 Å². The molecule has 0 bridgehead atoms. The quantitative estimate of drug-likeness (QED) is 0.593. The molecule has 1 unspecified atom stereocenters. The number of rotatable bonds is 4. The van der Waals surface area contributed by atoms with Crippen LogP contribution in [0.5, 0.6) is 0 Å². The van der Waals surface area contributed by atoms with Crippen molar-refractivity contribution in [3.05, 3.63) is 46.0 Å². The Morgan fingerprint density at radius 2 is 2.19 bits per heavy atom. The van der Waals surface area contributed by atoms with Gasteiger partial charge >= 0.3 is 0 Å². The number of benzene rings is 1. The van der Waals surface area contributed by atoms with Gasteiger partial charge in [-0.25, -0.2) is 0 Å². The number of aliphatic imine (C=N–C) groups is 1. The van der Waals surface area contributed by atoms with Gasteiger partial charge in [0.2, 0.25) is 0 Å². The highest BCUT2D eigenvalue weighted by Gasteiger charge is 2.29. The van der Waals surface area contributed by atoms with Crippen molar-refractivity contribution in [2.75, 3.05) is 12.3 Å². The Balaban J connectivity index is 2.12. The zero-order valence-electron chi connectivity index (χ0n) is 8.70. The molecule has 0 spiro atoms. The maximum Gasteiger partial charge on any atom is 0.264 e. The average Bonchev–Trinajstić information content (AvgIpc) is 2.80. The van der Waals surface area contributed by atoms with Gasteiger partial charge in [-0.15, -0.1) is 11.8 Å². The summed E-state index contributed by atoms with van der Waals surface area (Å²) in [6, 6.07) is 8.86. The van der Waals surface area contributed by atoms with Gasteiger partial charge in [-0.3, -0.25) is 15.1 Å². The third-order valence-corrected chi connectivity index (χ3v) is 3.50. The zero-order chi connectivity index (χ0) is 11.4. The predicted octanol–water partition coefficient (Wildman–Crippen LogP) is 2.02. The summed E-state index contributed by atoms with van der Waals surface area (Å²) in [6.07, 6.45) is 0.430. The Bertz CT molecular complexity index is 406. The number of nitro groups is 1. The molecule has 0 amide bonds. The van der Waals surface area contributed by atoms with E-state index >= 15 is 0 Å². The largest absolute Gasteiger partial charge is 0.275 e. The van der Waals surface area contributed by atoms with E-state index in [-0.39, 0.29) is 4.92 Å². The third-order valence-electron chi connectivity index (χ3n) is 2.42.